The van der Waals surface area contributed by atoms with Crippen LogP contribution in [0.3, 0.4) is 0 Å². The van der Waals surface area contributed by atoms with Gasteiger partial charge in [-0.3, -0.25) is 9.59 Å². The summed E-state index contributed by atoms with van der Waals surface area (Å²) in [6.07, 6.45) is 12.9. The molecule has 0 spiro atoms. The first-order valence-electron chi connectivity index (χ1n) is 11.9. The Morgan fingerprint density at radius 1 is 1.07 bits per heavy atom. The minimum Gasteiger partial charge on any atom is -0.465 e. The van der Waals surface area contributed by atoms with Crippen LogP contribution >= 0.6 is 0 Å². The number of esters is 2. The van der Waals surface area contributed by atoms with Crippen molar-refractivity contribution in [1.82, 2.24) is 0 Å². The topological polar surface area (TPSA) is 52.6 Å². The van der Waals surface area contributed by atoms with E-state index in [1.165, 1.54) is 39.0 Å². The lowest BCUT2D eigenvalue weighted by Crippen LogP contribution is -2.52. The summed E-state index contributed by atoms with van der Waals surface area (Å²) < 4.78 is 10.9. The number of rotatable bonds is 2. The van der Waals surface area contributed by atoms with Crippen LogP contribution in [-0.2, 0) is 19.1 Å². The molecule has 1 saturated heterocycles. The van der Waals surface area contributed by atoms with Crippen LogP contribution in [0.4, 0.5) is 0 Å². The van der Waals surface area contributed by atoms with Gasteiger partial charge in [0, 0.05) is 6.92 Å². The lowest BCUT2D eigenvalue weighted by molar-refractivity contribution is -0.155. The highest BCUT2D eigenvalue weighted by molar-refractivity contribution is 5.75. The third kappa shape index (κ3) is 2.91. The molecule has 4 unspecified atom stereocenters. The quantitative estimate of drug-likeness (QED) is 0.480. The van der Waals surface area contributed by atoms with Gasteiger partial charge in [0.25, 0.3) is 0 Å². The highest BCUT2D eigenvalue weighted by Crippen LogP contribution is 2.67. The molecule has 0 bridgehead atoms. The summed E-state index contributed by atoms with van der Waals surface area (Å²) in [5.41, 5.74) is 2.24. The van der Waals surface area contributed by atoms with E-state index in [4.69, 9.17) is 9.47 Å². The van der Waals surface area contributed by atoms with Crippen molar-refractivity contribution < 1.29 is 19.1 Å². The highest BCUT2D eigenvalue weighted by Gasteiger charge is 2.59. The van der Waals surface area contributed by atoms with Crippen molar-refractivity contribution >= 4 is 11.9 Å². The van der Waals surface area contributed by atoms with Gasteiger partial charge in [-0.1, -0.05) is 25.5 Å². The zero-order valence-corrected chi connectivity index (χ0v) is 18.2. The Labute approximate surface area is 174 Å². The van der Waals surface area contributed by atoms with Gasteiger partial charge in [-0.15, -0.1) is 0 Å². The van der Waals surface area contributed by atoms with Crippen LogP contribution in [0.2, 0.25) is 0 Å². The molecule has 0 aromatic rings. The number of carbonyl (C=O) groups excluding carboxylic acids is 2. The SMILES string of the molecule is CC(=O)OC1CC[C@@]2(C)C(CC[C@H]3C4=CCC(C5CCOC5=O)[C@@]4(C)CC[C@@H]32)C1. The Morgan fingerprint density at radius 3 is 2.62 bits per heavy atom. The number of cyclic esters (lactones) is 1. The first-order valence-corrected chi connectivity index (χ1v) is 11.9. The first kappa shape index (κ1) is 19.6. The van der Waals surface area contributed by atoms with Crippen LogP contribution in [0.15, 0.2) is 11.6 Å². The summed E-state index contributed by atoms with van der Waals surface area (Å²) >= 11 is 0. The monoisotopic (exact) mass is 400 g/mol. The number of hydrogen-bond donors (Lipinski definition) is 0. The molecule has 0 N–H and O–H groups in total. The van der Waals surface area contributed by atoms with Gasteiger partial charge in [-0.25, -0.2) is 0 Å². The molecule has 0 radical (unpaired) electrons. The molecule has 1 heterocycles. The molecule has 0 aromatic carbocycles. The summed E-state index contributed by atoms with van der Waals surface area (Å²) in [4.78, 5) is 23.8. The van der Waals surface area contributed by atoms with Crippen LogP contribution in [0, 0.1) is 40.4 Å². The summed E-state index contributed by atoms with van der Waals surface area (Å²) in [6, 6.07) is 0. The summed E-state index contributed by atoms with van der Waals surface area (Å²) in [6.45, 7) is 7.13. The molecule has 8 atom stereocenters. The lowest BCUT2D eigenvalue weighted by Gasteiger charge is -2.59. The van der Waals surface area contributed by atoms with Crippen molar-refractivity contribution in [1.29, 1.82) is 0 Å². The number of ether oxygens (including phenoxy) is 2. The average molecular weight is 401 g/mol. The van der Waals surface area contributed by atoms with Gasteiger partial charge >= 0.3 is 11.9 Å². The van der Waals surface area contributed by atoms with Gasteiger partial charge < -0.3 is 9.47 Å². The predicted molar refractivity (Wildman–Crippen MR) is 110 cm³/mol. The van der Waals surface area contributed by atoms with E-state index in [1.54, 1.807) is 5.57 Å². The van der Waals surface area contributed by atoms with Gasteiger partial charge in [0.15, 0.2) is 0 Å². The number of hydrogen-bond acceptors (Lipinski definition) is 4. The predicted octanol–water partition coefficient (Wildman–Crippen LogP) is 5.06. The van der Waals surface area contributed by atoms with Crippen LogP contribution in [0.1, 0.15) is 78.6 Å². The molecular formula is C25H36O4. The summed E-state index contributed by atoms with van der Waals surface area (Å²) in [7, 11) is 0. The molecule has 4 fully saturated rings. The van der Waals surface area contributed by atoms with Crippen molar-refractivity contribution in [2.24, 2.45) is 40.4 Å². The van der Waals surface area contributed by atoms with Gasteiger partial charge in [0.1, 0.15) is 6.10 Å². The Kier molecular flexibility index (Phi) is 4.64. The number of fused-ring (bicyclic) bond motifs is 5. The van der Waals surface area contributed by atoms with Crippen LogP contribution in [0.5, 0.6) is 0 Å². The third-order valence-corrected chi connectivity index (χ3v) is 9.88. The van der Waals surface area contributed by atoms with Gasteiger partial charge in [-0.2, -0.15) is 0 Å². The van der Waals surface area contributed by atoms with Crippen molar-refractivity contribution in [3.8, 4) is 0 Å². The minimum absolute atomic E-state index is 0.0486. The van der Waals surface area contributed by atoms with E-state index in [-0.39, 0.29) is 29.4 Å². The second-order valence-corrected chi connectivity index (χ2v) is 11.0. The molecule has 0 aromatic heterocycles. The van der Waals surface area contributed by atoms with E-state index < -0.39 is 0 Å². The molecule has 1 aliphatic heterocycles. The van der Waals surface area contributed by atoms with E-state index in [9.17, 15) is 9.59 Å². The van der Waals surface area contributed by atoms with Crippen molar-refractivity contribution in [2.45, 2.75) is 84.7 Å². The Hall–Kier alpha value is -1.32. The van der Waals surface area contributed by atoms with E-state index >= 15 is 0 Å². The fraction of sp³-hybridized carbons (Fsp3) is 0.840. The maximum absolute atomic E-state index is 12.3. The van der Waals surface area contributed by atoms with Gasteiger partial charge in [0.05, 0.1) is 12.5 Å². The Bertz CT molecular complexity index is 741. The molecule has 5 aliphatic rings. The van der Waals surface area contributed by atoms with E-state index in [2.05, 4.69) is 19.9 Å². The Balaban J connectivity index is 1.36. The third-order valence-electron chi connectivity index (χ3n) is 9.88. The molecule has 0 amide bonds. The largest absolute Gasteiger partial charge is 0.465 e. The smallest absolute Gasteiger partial charge is 0.309 e. The molecule has 160 valence electrons. The molecule has 5 rings (SSSR count). The maximum atomic E-state index is 12.3. The number of allylic oxidation sites excluding steroid dienone is 2. The summed E-state index contributed by atoms with van der Waals surface area (Å²) in [5, 5.41) is 0. The van der Waals surface area contributed by atoms with Crippen molar-refractivity contribution in [3.05, 3.63) is 11.6 Å². The average Bonchev–Trinajstić information content (AvgIpc) is 3.23. The van der Waals surface area contributed by atoms with E-state index in [1.807, 2.05) is 0 Å². The molecule has 4 nitrogen and oxygen atoms in total. The summed E-state index contributed by atoms with van der Waals surface area (Å²) in [5.74, 6) is 2.57. The molecule has 3 saturated carbocycles. The molecule has 29 heavy (non-hydrogen) atoms. The first-order chi connectivity index (χ1) is 13.8. The minimum atomic E-state index is -0.131. The standard InChI is InChI=1S/C25H36O4/c1-15(26)29-17-8-11-24(2)16(14-17)4-5-18-20-6-7-21(19-10-13-28-23(19)27)25(20,3)12-9-22(18)24/h6,16-19,21-22H,4-5,7-14H2,1-3H3/t16?,17?,18-,19?,21?,22-,24-,25-/m0/s1. The normalized spacial score (nSPS) is 48.8. The molecule has 4 aliphatic carbocycles. The zero-order chi connectivity index (χ0) is 20.4. The van der Waals surface area contributed by atoms with Crippen molar-refractivity contribution in [3.63, 3.8) is 0 Å². The zero-order valence-electron chi connectivity index (χ0n) is 18.2. The molecule has 4 heteroatoms. The van der Waals surface area contributed by atoms with Crippen LogP contribution < -0.4 is 0 Å². The second kappa shape index (κ2) is 6.85. The second-order valence-electron chi connectivity index (χ2n) is 11.0. The van der Waals surface area contributed by atoms with E-state index in [0.717, 1.165) is 31.6 Å². The Morgan fingerprint density at radius 2 is 1.90 bits per heavy atom. The van der Waals surface area contributed by atoms with E-state index in [0.29, 0.717) is 29.8 Å². The fourth-order valence-corrected chi connectivity index (χ4v) is 8.41. The fourth-order valence-electron chi connectivity index (χ4n) is 8.41. The lowest BCUT2D eigenvalue weighted by atomic mass is 9.45. The number of carbonyl (C=O) groups is 2. The van der Waals surface area contributed by atoms with Gasteiger partial charge in [0.2, 0.25) is 0 Å². The van der Waals surface area contributed by atoms with Crippen LogP contribution in [-0.4, -0.2) is 24.6 Å². The highest BCUT2D eigenvalue weighted by atomic mass is 16.5. The van der Waals surface area contributed by atoms with Crippen LogP contribution in [0.25, 0.3) is 0 Å². The maximum Gasteiger partial charge on any atom is 0.309 e. The van der Waals surface area contributed by atoms with Gasteiger partial charge in [-0.05, 0) is 92.3 Å². The molecular weight excluding hydrogens is 364 g/mol. The van der Waals surface area contributed by atoms with Crippen molar-refractivity contribution in [2.75, 3.05) is 6.61 Å².